The van der Waals surface area contributed by atoms with Crippen LogP contribution < -0.4 is 14.4 Å². The Morgan fingerprint density at radius 3 is 2.69 bits per heavy atom. The number of methoxy groups -OCH3 is 1. The summed E-state index contributed by atoms with van der Waals surface area (Å²) in [6.45, 7) is 8.07. The number of nitrogens with zero attached hydrogens (tertiary/aromatic N) is 6. The van der Waals surface area contributed by atoms with Crippen molar-refractivity contribution >= 4 is 45.2 Å². The minimum absolute atomic E-state index is 0.00969. The van der Waals surface area contributed by atoms with Crippen molar-refractivity contribution in [2.45, 2.75) is 63.8 Å². The van der Waals surface area contributed by atoms with Gasteiger partial charge in [-0.05, 0) is 77.2 Å². The Labute approximate surface area is 283 Å². The summed E-state index contributed by atoms with van der Waals surface area (Å²) in [5, 5.41) is 2.32. The van der Waals surface area contributed by atoms with Crippen LogP contribution in [0.25, 0.3) is 32.9 Å². The minimum Gasteiger partial charge on any atom is -0.468 e. The molecule has 3 fully saturated rings. The van der Waals surface area contributed by atoms with E-state index in [1.807, 2.05) is 39.0 Å². The zero-order valence-electron chi connectivity index (χ0n) is 27.8. The second-order valence-electron chi connectivity index (χ2n) is 13.7. The first-order chi connectivity index (χ1) is 23.0. The van der Waals surface area contributed by atoms with Crippen molar-refractivity contribution in [3.8, 4) is 23.0 Å². The molecule has 0 radical (unpaired) electrons. The molecule has 3 saturated heterocycles. The Kier molecular flexibility index (Phi) is 8.67. The van der Waals surface area contributed by atoms with Crippen LogP contribution in [0, 0.1) is 5.82 Å². The molecule has 5 heterocycles. The lowest BCUT2D eigenvalue weighted by molar-refractivity contribution is 0.0193. The van der Waals surface area contributed by atoms with E-state index in [1.165, 1.54) is 7.11 Å². The molecule has 3 atom stereocenters. The average molecular weight is 679 g/mol. The van der Waals surface area contributed by atoms with Gasteiger partial charge in [0.2, 0.25) is 0 Å². The molecule has 3 aliphatic rings. The first-order valence-corrected chi connectivity index (χ1v) is 16.7. The topological polar surface area (TPSA) is 102 Å². The maximum Gasteiger partial charge on any atom is 0.410 e. The Hall–Kier alpha value is -4.00. The van der Waals surface area contributed by atoms with E-state index in [2.05, 4.69) is 26.8 Å². The highest BCUT2D eigenvalue weighted by Gasteiger charge is 2.51. The number of rotatable bonds is 8. The van der Waals surface area contributed by atoms with Crippen LogP contribution in [0.5, 0.6) is 11.8 Å². The van der Waals surface area contributed by atoms with Crippen LogP contribution in [0.1, 0.15) is 40.0 Å². The minimum atomic E-state index is -0.622. The zero-order chi connectivity index (χ0) is 33.7. The molecular weight excluding hydrogens is 639 g/mol. The van der Waals surface area contributed by atoms with Gasteiger partial charge in [-0.1, -0.05) is 23.7 Å². The number of halogens is 2. The molecule has 254 valence electrons. The summed E-state index contributed by atoms with van der Waals surface area (Å²) in [6, 6.07) is 9.29. The maximum absolute atomic E-state index is 16.9. The number of anilines is 1. The smallest absolute Gasteiger partial charge is 0.410 e. The second kappa shape index (κ2) is 12.8. The van der Waals surface area contributed by atoms with Crippen LogP contribution in [0.15, 0.2) is 36.5 Å². The number of benzene rings is 2. The standard InChI is InChI=1S/C35H40ClFN6O5/c1-35(2,3)48-34(44)42-13-11-26-27(42)17-43(26)32-24-16-38-30(23-15-22(47-19-45-5)14-20-8-6-10-25(36)28(20)23)29(37)31(24)39-33(40-32)46-18-21-9-7-12-41(21)4/h6,8,10,14-16,21,26-27H,7,9,11-13,17-19H2,1-5H3/t21-,26+,27+/m0/s1. The molecular formula is C35H40ClFN6O5. The van der Waals surface area contributed by atoms with Crippen molar-refractivity contribution in [3.63, 3.8) is 0 Å². The van der Waals surface area contributed by atoms with Gasteiger partial charge in [0.1, 0.15) is 35.0 Å². The zero-order valence-corrected chi connectivity index (χ0v) is 28.6. The van der Waals surface area contributed by atoms with Gasteiger partial charge in [0, 0.05) is 48.4 Å². The van der Waals surface area contributed by atoms with Gasteiger partial charge in [-0.25, -0.2) is 9.18 Å². The third-order valence-corrected chi connectivity index (χ3v) is 9.73. The lowest BCUT2D eigenvalue weighted by Crippen LogP contribution is -2.63. The van der Waals surface area contributed by atoms with E-state index in [9.17, 15) is 4.79 Å². The van der Waals surface area contributed by atoms with Crippen LogP contribution in [0.2, 0.25) is 5.02 Å². The molecule has 0 unspecified atom stereocenters. The number of likely N-dealkylation sites (N-methyl/N-ethyl adjacent to an activating group) is 1. The van der Waals surface area contributed by atoms with E-state index >= 15 is 4.39 Å². The SMILES string of the molecule is COCOc1cc(-c2ncc3c(N4C[C@@H]5[C@H]4CCN5C(=O)OC(C)(C)C)nc(OC[C@@H]4CCCN4C)nc3c2F)c2c(Cl)cccc2c1. The van der Waals surface area contributed by atoms with Gasteiger partial charge < -0.3 is 33.6 Å². The summed E-state index contributed by atoms with van der Waals surface area (Å²) >= 11 is 6.69. The van der Waals surface area contributed by atoms with E-state index in [0.29, 0.717) is 52.6 Å². The van der Waals surface area contributed by atoms with Crippen LogP contribution >= 0.6 is 11.6 Å². The summed E-state index contributed by atoms with van der Waals surface area (Å²) < 4.78 is 39.6. The molecule has 13 heteroatoms. The number of carbonyl (C=O) groups is 1. The van der Waals surface area contributed by atoms with Crippen LogP contribution in [0.3, 0.4) is 0 Å². The summed E-state index contributed by atoms with van der Waals surface area (Å²) in [5.74, 6) is 0.390. The highest BCUT2D eigenvalue weighted by atomic mass is 35.5. The van der Waals surface area contributed by atoms with Gasteiger partial charge in [0.05, 0.1) is 17.5 Å². The molecule has 0 N–H and O–H groups in total. The molecule has 0 bridgehead atoms. The van der Waals surface area contributed by atoms with Gasteiger partial charge in [0.15, 0.2) is 12.6 Å². The lowest BCUT2D eigenvalue weighted by Gasteiger charge is -2.47. The van der Waals surface area contributed by atoms with Gasteiger partial charge in [-0.2, -0.15) is 9.97 Å². The van der Waals surface area contributed by atoms with E-state index in [0.717, 1.165) is 31.2 Å². The number of aromatic nitrogens is 3. The van der Waals surface area contributed by atoms with Crippen LogP contribution in [-0.4, -0.2) is 102 Å². The van der Waals surface area contributed by atoms with E-state index in [-0.39, 0.29) is 48.2 Å². The number of likely N-dealkylation sites (tertiary alicyclic amines) is 2. The molecule has 0 saturated carbocycles. The van der Waals surface area contributed by atoms with Crippen LogP contribution in [0.4, 0.5) is 15.0 Å². The summed E-state index contributed by atoms with van der Waals surface area (Å²) in [4.78, 5) is 33.2. The van der Waals surface area contributed by atoms with Crippen molar-refractivity contribution in [2.24, 2.45) is 0 Å². The Morgan fingerprint density at radius 2 is 1.94 bits per heavy atom. The molecule has 0 spiro atoms. The number of hydrogen-bond acceptors (Lipinski definition) is 10. The monoisotopic (exact) mass is 678 g/mol. The lowest BCUT2D eigenvalue weighted by atomic mass is 9.96. The number of hydrogen-bond donors (Lipinski definition) is 0. The molecule has 3 aliphatic heterocycles. The number of ether oxygens (including phenoxy) is 4. The van der Waals surface area contributed by atoms with Gasteiger partial charge in [0.25, 0.3) is 0 Å². The van der Waals surface area contributed by atoms with Gasteiger partial charge >= 0.3 is 12.1 Å². The summed E-state index contributed by atoms with van der Waals surface area (Å²) in [5.41, 5.74) is 0.0424. The second-order valence-corrected chi connectivity index (χ2v) is 14.1. The first kappa shape index (κ1) is 32.5. The Morgan fingerprint density at radius 1 is 1.10 bits per heavy atom. The van der Waals surface area contributed by atoms with Gasteiger partial charge in [-0.15, -0.1) is 0 Å². The molecule has 11 nitrogen and oxygen atoms in total. The third-order valence-electron chi connectivity index (χ3n) is 9.41. The largest absolute Gasteiger partial charge is 0.468 e. The fraction of sp³-hybridized carbons (Fsp3) is 0.486. The first-order valence-electron chi connectivity index (χ1n) is 16.3. The fourth-order valence-corrected chi connectivity index (χ4v) is 7.30. The normalized spacial score (nSPS) is 21.1. The average Bonchev–Trinajstić information content (AvgIpc) is 3.60. The molecule has 4 aromatic rings. The highest BCUT2D eigenvalue weighted by molar-refractivity contribution is 6.36. The van der Waals surface area contributed by atoms with Crippen molar-refractivity contribution < 1.29 is 28.1 Å². The fourth-order valence-electron chi connectivity index (χ4n) is 7.02. The number of carbonyl (C=O) groups excluding carboxylic acids is 1. The number of amides is 1. The van der Waals surface area contributed by atoms with Crippen molar-refractivity contribution in [3.05, 3.63) is 47.4 Å². The van der Waals surface area contributed by atoms with E-state index < -0.39 is 11.4 Å². The number of fused-ring (bicyclic) bond motifs is 3. The summed E-state index contributed by atoms with van der Waals surface area (Å²) in [7, 11) is 3.61. The predicted molar refractivity (Wildman–Crippen MR) is 181 cm³/mol. The Bertz CT molecular complexity index is 1870. The quantitative estimate of drug-likeness (QED) is 0.198. The number of pyridine rings is 1. The van der Waals surface area contributed by atoms with Crippen LogP contribution in [-0.2, 0) is 9.47 Å². The molecule has 2 aromatic heterocycles. The molecule has 7 rings (SSSR count). The van der Waals surface area contributed by atoms with E-state index in [4.69, 9.17) is 35.5 Å². The third kappa shape index (κ3) is 6.05. The molecule has 1 amide bonds. The molecule has 0 aliphatic carbocycles. The maximum atomic E-state index is 16.9. The van der Waals surface area contributed by atoms with Gasteiger partial charge in [-0.3, -0.25) is 4.98 Å². The predicted octanol–water partition coefficient (Wildman–Crippen LogP) is 6.29. The van der Waals surface area contributed by atoms with Crippen molar-refractivity contribution in [1.82, 2.24) is 24.8 Å². The van der Waals surface area contributed by atoms with Crippen molar-refractivity contribution in [2.75, 3.05) is 52.1 Å². The van der Waals surface area contributed by atoms with E-state index in [1.54, 1.807) is 23.2 Å². The summed E-state index contributed by atoms with van der Waals surface area (Å²) in [6.07, 6.45) is 4.10. The van der Waals surface area contributed by atoms with Crippen molar-refractivity contribution in [1.29, 1.82) is 0 Å². The highest BCUT2D eigenvalue weighted by Crippen LogP contribution is 2.43. The molecule has 48 heavy (non-hydrogen) atoms. The molecule has 2 aromatic carbocycles. The Balaban J connectivity index is 1.30.